The molecule has 2 N–H and O–H groups in total. The highest BCUT2D eigenvalue weighted by Crippen LogP contribution is 2.14. The average Bonchev–Trinajstić information content (AvgIpc) is 2.95. The fourth-order valence-electron chi connectivity index (χ4n) is 7.24. The van der Waals surface area contributed by atoms with E-state index >= 15 is 0 Å². The second-order valence-electron chi connectivity index (χ2n) is 16.0. The monoisotopic (exact) mass is 697 g/mol. The Bertz CT molecular complexity index is 594. The summed E-state index contributed by atoms with van der Waals surface area (Å²) in [5.41, 5.74) is 0. The summed E-state index contributed by atoms with van der Waals surface area (Å²) in [6.45, 7) is 14.1. The topological polar surface area (TPSA) is 46.9 Å². The largest absolute Gasteiger partial charge is 1.00 e. The molecule has 0 aromatic rings. The van der Waals surface area contributed by atoms with Crippen molar-refractivity contribution >= 4 is 0 Å². The molecule has 2 unspecified atom stereocenters. The van der Waals surface area contributed by atoms with Gasteiger partial charge in [-0.05, 0) is 25.7 Å². The maximum atomic E-state index is 10.9. The van der Waals surface area contributed by atoms with Crippen molar-refractivity contribution in [3.05, 3.63) is 0 Å². The number of aliphatic hydroxyl groups excluding tert-OH is 2. The van der Waals surface area contributed by atoms with Crippen molar-refractivity contribution in [3.8, 4) is 0 Å². The predicted octanol–water partition coefficient (Wildman–Crippen LogP) is 1.33. The van der Waals surface area contributed by atoms with Gasteiger partial charge in [0, 0.05) is 39.3 Å². The quantitative estimate of drug-likeness (QED) is 0.0880. The third-order valence-corrected chi connectivity index (χ3v) is 10.0. The number of quaternary nitrogens is 2. The Labute approximate surface area is 301 Å². The van der Waals surface area contributed by atoms with Crippen molar-refractivity contribution in [1.82, 2.24) is 9.80 Å². The molecule has 1 aliphatic heterocycles. The molecule has 0 aromatic heterocycles. The maximum Gasteiger partial charge on any atom is 0.115 e. The minimum absolute atomic E-state index is 0. The first-order valence-corrected chi connectivity index (χ1v) is 19.5. The summed E-state index contributed by atoms with van der Waals surface area (Å²) in [4.78, 5) is 4.86. The van der Waals surface area contributed by atoms with Gasteiger partial charge >= 0.3 is 0 Å². The molecular weight excluding hydrogens is 615 g/mol. The SMILES string of the molecule is CCCCCCCCCCCC[N+](C)(C)CC(O)CN1CCN(CC(O)C[N+](C)(C)CCCCCCCCCCCC)CC1.[Cl-].[Cl-]. The first kappa shape index (κ1) is 48.5. The Morgan fingerprint density at radius 2 is 0.674 bits per heavy atom. The molecule has 8 heteroatoms. The molecule has 0 aromatic carbocycles. The fraction of sp³-hybridized carbons (Fsp3) is 1.00. The number of aliphatic hydroxyl groups is 2. The van der Waals surface area contributed by atoms with Gasteiger partial charge in [0.2, 0.25) is 0 Å². The van der Waals surface area contributed by atoms with Crippen molar-refractivity contribution in [2.24, 2.45) is 0 Å². The minimum Gasteiger partial charge on any atom is -1.00 e. The van der Waals surface area contributed by atoms with E-state index in [1.807, 2.05) is 0 Å². The number of halogens is 2. The van der Waals surface area contributed by atoms with Crippen LogP contribution in [0.1, 0.15) is 142 Å². The highest BCUT2D eigenvalue weighted by molar-refractivity contribution is 4.76. The molecule has 46 heavy (non-hydrogen) atoms. The second kappa shape index (κ2) is 30.2. The van der Waals surface area contributed by atoms with Crippen LogP contribution in [0.4, 0.5) is 0 Å². The first-order valence-electron chi connectivity index (χ1n) is 19.5. The number of rotatable bonds is 30. The number of nitrogens with zero attached hydrogens (tertiary/aromatic N) is 4. The molecule has 0 saturated carbocycles. The van der Waals surface area contributed by atoms with E-state index in [4.69, 9.17) is 0 Å². The molecule has 6 nitrogen and oxygen atoms in total. The number of hydrogen-bond donors (Lipinski definition) is 2. The Hall–Kier alpha value is 0.340. The maximum absolute atomic E-state index is 10.9. The molecule has 1 fully saturated rings. The van der Waals surface area contributed by atoms with Gasteiger partial charge in [0.05, 0.1) is 41.3 Å². The zero-order valence-electron chi connectivity index (χ0n) is 31.8. The van der Waals surface area contributed by atoms with E-state index in [1.165, 1.54) is 128 Å². The van der Waals surface area contributed by atoms with E-state index < -0.39 is 0 Å². The summed E-state index contributed by atoms with van der Waals surface area (Å²) in [5, 5.41) is 21.8. The van der Waals surface area contributed by atoms with Gasteiger partial charge in [0.1, 0.15) is 25.3 Å². The highest BCUT2D eigenvalue weighted by atomic mass is 35.5. The third kappa shape index (κ3) is 28.2. The van der Waals surface area contributed by atoms with E-state index in [0.29, 0.717) is 0 Å². The van der Waals surface area contributed by atoms with Crippen molar-refractivity contribution in [1.29, 1.82) is 0 Å². The normalized spacial score (nSPS) is 16.2. The average molecular weight is 698 g/mol. The van der Waals surface area contributed by atoms with Crippen LogP contribution in [-0.4, -0.2) is 135 Å². The van der Waals surface area contributed by atoms with Crippen LogP contribution < -0.4 is 24.8 Å². The molecule has 1 saturated heterocycles. The van der Waals surface area contributed by atoms with Gasteiger partial charge in [-0.25, -0.2) is 0 Å². The van der Waals surface area contributed by atoms with Gasteiger partial charge in [-0.3, -0.25) is 9.80 Å². The minimum atomic E-state index is -0.269. The molecule has 2 atom stereocenters. The van der Waals surface area contributed by atoms with Crippen molar-refractivity contribution in [3.63, 3.8) is 0 Å². The Morgan fingerprint density at radius 1 is 0.435 bits per heavy atom. The van der Waals surface area contributed by atoms with Gasteiger partial charge in [-0.15, -0.1) is 0 Å². The summed E-state index contributed by atoms with van der Waals surface area (Å²) < 4.78 is 1.83. The lowest BCUT2D eigenvalue weighted by Crippen LogP contribution is -3.00. The number of piperazine rings is 1. The summed E-state index contributed by atoms with van der Waals surface area (Å²) in [5.74, 6) is 0. The fourth-order valence-corrected chi connectivity index (χ4v) is 7.24. The second-order valence-corrected chi connectivity index (χ2v) is 16.0. The van der Waals surface area contributed by atoms with Gasteiger partial charge in [-0.2, -0.15) is 0 Å². The third-order valence-electron chi connectivity index (χ3n) is 10.0. The van der Waals surface area contributed by atoms with E-state index in [0.717, 1.165) is 74.4 Å². The van der Waals surface area contributed by atoms with Crippen LogP contribution in [0.15, 0.2) is 0 Å². The van der Waals surface area contributed by atoms with Crippen molar-refractivity contribution < 1.29 is 44.0 Å². The molecule has 0 amide bonds. The van der Waals surface area contributed by atoms with Crippen LogP contribution in [0.25, 0.3) is 0 Å². The first-order chi connectivity index (χ1) is 21.1. The van der Waals surface area contributed by atoms with Crippen LogP contribution in [0.5, 0.6) is 0 Å². The number of unbranched alkanes of at least 4 members (excludes halogenated alkanes) is 18. The van der Waals surface area contributed by atoms with Crippen LogP contribution in [0, 0.1) is 0 Å². The molecule has 1 aliphatic rings. The number of β-amino-alcohol motifs (C(OH)–C–C–N with tert-alkyl or cyclic N) is 2. The lowest BCUT2D eigenvalue weighted by atomic mass is 10.1. The van der Waals surface area contributed by atoms with Gasteiger partial charge in [0.25, 0.3) is 0 Å². The van der Waals surface area contributed by atoms with E-state index in [1.54, 1.807) is 0 Å². The van der Waals surface area contributed by atoms with Crippen LogP contribution >= 0.6 is 0 Å². The molecule has 0 bridgehead atoms. The van der Waals surface area contributed by atoms with Gasteiger partial charge in [0.15, 0.2) is 0 Å². The van der Waals surface area contributed by atoms with E-state index in [9.17, 15) is 10.2 Å². The lowest BCUT2D eigenvalue weighted by molar-refractivity contribution is -0.893. The standard InChI is InChI=1S/C38H82N4O2.2ClH/c1-7-9-11-13-15-17-19-21-23-25-31-41(3,4)35-37(43)33-39-27-29-40(30-28-39)34-38(44)36-42(5,6)32-26-24-22-20-18-16-14-12-10-8-2;;/h37-38,43-44H,7-36H2,1-6H3;2*1H/q+2;;/p-2. The van der Waals surface area contributed by atoms with Crippen LogP contribution in [0.2, 0.25) is 0 Å². The molecule has 0 aliphatic carbocycles. The predicted molar refractivity (Wildman–Crippen MR) is 192 cm³/mol. The van der Waals surface area contributed by atoms with Crippen molar-refractivity contribution in [2.45, 2.75) is 154 Å². The van der Waals surface area contributed by atoms with Gasteiger partial charge in [-0.1, -0.05) is 117 Å². The smallest absolute Gasteiger partial charge is 0.115 e. The van der Waals surface area contributed by atoms with E-state index in [2.05, 4.69) is 51.8 Å². The summed E-state index contributed by atoms with van der Waals surface area (Å²) in [6.07, 6.45) is 27.0. The van der Waals surface area contributed by atoms with Crippen LogP contribution in [0.3, 0.4) is 0 Å². The molecule has 0 radical (unpaired) electrons. The Kier molecular flexibility index (Phi) is 31.8. The van der Waals surface area contributed by atoms with Crippen LogP contribution in [-0.2, 0) is 0 Å². The molecule has 1 rings (SSSR count). The number of likely N-dealkylation sites (N-methyl/N-ethyl adjacent to an activating group) is 2. The Balaban J connectivity index is 0. The molecule has 280 valence electrons. The zero-order chi connectivity index (χ0) is 32.5. The lowest BCUT2D eigenvalue weighted by Gasteiger charge is -2.39. The highest BCUT2D eigenvalue weighted by Gasteiger charge is 2.27. The summed E-state index contributed by atoms with van der Waals surface area (Å²) in [6, 6.07) is 0. The molecular formula is C38H82Cl2N4O2. The Morgan fingerprint density at radius 3 is 0.935 bits per heavy atom. The van der Waals surface area contributed by atoms with E-state index in [-0.39, 0.29) is 37.0 Å². The van der Waals surface area contributed by atoms with Gasteiger partial charge < -0.3 is 44.0 Å². The van der Waals surface area contributed by atoms with Crippen molar-refractivity contribution in [2.75, 3.05) is 93.6 Å². The zero-order valence-corrected chi connectivity index (χ0v) is 33.3. The summed E-state index contributed by atoms with van der Waals surface area (Å²) in [7, 11) is 9.14. The summed E-state index contributed by atoms with van der Waals surface area (Å²) >= 11 is 0. The number of hydrogen-bond acceptors (Lipinski definition) is 4. The molecule has 1 heterocycles. The molecule has 0 spiro atoms.